The van der Waals surface area contributed by atoms with Gasteiger partial charge in [0.2, 0.25) is 11.8 Å². The summed E-state index contributed by atoms with van der Waals surface area (Å²) in [7, 11) is 1.60. The molecule has 0 heterocycles. The van der Waals surface area contributed by atoms with Crippen molar-refractivity contribution in [1.82, 2.24) is 5.32 Å². The summed E-state index contributed by atoms with van der Waals surface area (Å²) >= 11 is 0. The maximum Gasteiger partial charge on any atom is 0.224 e. The number of carbonyl (C=O) groups excluding carboxylic acids is 2. The summed E-state index contributed by atoms with van der Waals surface area (Å²) in [6.07, 6.45) is 0.473. The molecule has 0 saturated carbocycles. The van der Waals surface area contributed by atoms with E-state index in [9.17, 15) is 14.0 Å². The topological polar surface area (TPSA) is 67.4 Å². The molecule has 0 aromatic heterocycles. The molecule has 2 aromatic rings. The summed E-state index contributed by atoms with van der Waals surface area (Å²) in [6.45, 7) is 2.27. The maximum atomic E-state index is 12.8. The molecule has 2 aromatic carbocycles. The second kappa shape index (κ2) is 9.56. The molecule has 2 amide bonds. The van der Waals surface area contributed by atoms with Gasteiger partial charge >= 0.3 is 0 Å². The SMILES string of the molecule is COc1ccc(CNC(=O)C[C@H](C)CC(=O)Nc2ccc(F)cc2)cc1. The van der Waals surface area contributed by atoms with Crippen LogP contribution in [-0.2, 0) is 16.1 Å². The van der Waals surface area contributed by atoms with Crippen molar-refractivity contribution < 1.29 is 18.7 Å². The predicted molar refractivity (Wildman–Crippen MR) is 98.3 cm³/mol. The number of amides is 2. The highest BCUT2D eigenvalue weighted by Gasteiger charge is 2.13. The highest BCUT2D eigenvalue weighted by Crippen LogP contribution is 2.13. The Balaban J connectivity index is 1.71. The first-order valence-electron chi connectivity index (χ1n) is 8.41. The van der Waals surface area contributed by atoms with Crippen LogP contribution >= 0.6 is 0 Å². The Kier molecular flexibility index (Phi) is 7.14. The molecule has 26 heavy (non-hydrogen) atoms. The van der Waals surface area contributed by atoms with E-state index in [1.165, 1.54) is 24.3 Å². The van der Waals surface area contributed by atoms with Gasteiger partial charge in [-0.2, -0.15) is 0 Å². The first-order valence-corrected chi connectivity index (χ1v) is 8.41. The first-order chi connectivity index (χ1) is 12.5. The van der Waals surface area contributed by atoms with Crippen LogP contribution in [-0.4, -0.2) is 18.9 Å². The van der Waals surface area contributed by atoms with Crippen LogP contribution in [0.2, 0.25) is 0 Å². The summed E-state index contributed by atoms with van der Waals surface area (Å²) in [6, 6.07) is 13.0. The summed E-state index contributed by atoms with van der Waals surface area (Å²) in [5.41, 5.74) is 1.51. The first kappa shape index (κ1) is 19.4. The molecule has 0 radical (unpaired) electrons. The van der Waals surface area contributed by atoms with Crippen molar-refractivity contribution in [2.75, 3.05) is 12.4 Å². The maximum absolute atomic E-state index is 12.8. The van der Waals surface area contributed by atoms with Crippen molar-refractivity contribution in [3.63, 3.8) is 0 Å². The normalized spacial score (nSPS) is 11.5. The highest BCUT2D eigenvalue weighted by atomic mass is 19.1. The lowest BCUT2D eigenvalue weighted by atomic mass is 10.0. The van der Waals surface area contributed by atoms with Crippen LogP contribution < -0.4 is 15.4 Å². The number of hydrogen-bond acceptors (Lipinski definition) is 3. The number of rotatable bonds is 8. The molecule has 2 N–H and O–H groups in total. The fourth-order valence-electron chi connectivity index (χ4n) is 2.47. The van der Waals surface area contributed by atoms with Gasteiger partial charge in [-0.3, -0.25) is 9.59 Å². The van der Waals surface area contributed by atoms with E-state index in [2.05, 4.69) is 10.6 Å². The Labute approximate surface area is 152 Å². The smallest absolute Gasteiger partial charge is 0.224 e. The van der Waals surface area contributed by atoms with E-state index in [4.69, 9.17) is 4.74 Å². The minimum atomic E-state index is -0.357. The zero-order valence-electron chi connectivity index (χ0n) is 14.9. The van der Waals surface area contributed by atoms with E-state index in [1.54, 1.807) is 7.11 Å². The number of nitrogens with one attached hydrogen (secondary N) is 2. The van der Waals surface area contributed by atoms with Crippen LogP contribution in [0.15, 0.2) is 48.5 Å². The van der Waals surface area contributed by atoms with E-state index in [-0.39, 0.29) is 36.4 Å². The summed E-state index contributed by atoms with van der Waals surface area (Å²) in [5.74, 6) is -0.00737. The van der Waals surface area contributed by atoms with Crippen LogP contribution in [0.5, 0.6) is 5.75 Å². The molecule has 0 aliphatic carbocycles. The molecule has 138 valence electrons. The summed E-state index contributed by atoms with van der Waals surface area (Å²) < 4.78 is 17.9. The molecule has 0 fully saturated rings. The third-order valence-electron chi connectivity index (χ3n) is 3.84. The third-order valence-corrected chi connectivity index (χ3v) is 3.84. The van der Waals surface area contributed by atoms with Gasteiger partial charge in [0.1, 0.15) is 11.6 Å². The van der Waals surface area contributed by atoms with Gasteiger partial charge in [0.15, 0.2) is 0 Å². The van der Waals surface area contributed by atoms with Gasteiger partial charge in [0.05, 0.1) is 7.11 Å². The standard InChI is InChI=1S/C20H23FN2O3/c1-14(12-20(25)23-17-7-5-16(21)6-8-17)11-19(24)22-13-15-3-9-18(26-2)10-4-15/h3-10,14H,11-13H2,1-2H3,(H,22,24)(H,23,25)/t14-/m0/s1. The van der Waals surface area contributed by atoms with E-state index in [1.807, 2.05) is 31.2 Å². The van der Waals surface area contributed by atoms with Crippen molar-refractivity contribution in [2.24, 2.45) is 5.92 Å². The van der Waals surface area contributed by atoms with Gasteiger partial charge in [0.25, 0.3) is 0 Å². The molecule has 1 atom stereocenters. The Morgan fingerprint density at radius 3 is 2.23 bits per heavy atom. The molecular weight excluding hydrogens is 335 g/mol. The van der Waals surface area contributed by atoms with Gasteiger partial charge in [-0.05, 0) is 47.9 Å². The number of carbonyl (C=O) groups is 2. The average molecular weight is 358 g/mol. The quantitative estimate of drug-likeness (QED) is 0.759. The summed E-state index contributed by atoms with van der Waals surface area (Å²) in [5, 5.41) is 5.54. The molecule has 0 spiro atoms. The van der Waals surface area contributed by atoms with Crippen LogP contribution in [0.1, 0.15) is 25.3 Å². The van der Waals surface area contributed by atoms with E-state index >= 15 is 0 Å². The van der Waals surface area contributed by atoms with Crippen LogP contribution in [0, 0.1) is 11.7 Å². The van der Waals surface area contributed by atoms with Crippen molar-refractivity contribution in [1.29, 1.82) is 0 Å². The fourth-order valence-corrected chi connectivity index (χ4v) is 2.47. The lowest BCUT2D eigenvalue weighted by Gasteiger charge is -2.12. The number of anilines is 1. The van der Waals surface area contributed by atoms with Crippen molar-refractivity contribution in [3.8, 4) is 5.75 Å². The lowest BCUT2D eigenvalue weighted by Crippen LogP contribution is -2.26. The Hall–Kier alpha value is -2.89. The Morgan fingerprint density at radius 2 is 1.62 bits per heavy atom. The summed E-state index contributed by atoms with van der Waals surface area (Å²) in [4.78, 5) is 24.0. The second-order valence-corrected chi connectivity index (χ2v) is 6.19. The molecular formula is C20H23FN2O3. The second-order valence-electron chi connectivity index (χ2n) is 6.19. The number of methoxy groups -OCH3 is 1. The van der Waals surface area contributed by atoms with Gasteiger partial charge in [0, 0.05) is 25.1 Å². The van der Waals surface area contributed by atoms with E-state index in [0.717, 1.165) is 11.3 Å². The van der Waals surface area contributed by atoms with Crippen molar-refractivity contribution in [2.45, 2.75) is 26.3 Å². The molecule has 2 rings (SSSR count). The zero-order chi connectivity index (χ0) is 18.9. The zero-order valence-corrected chi connectivity index (χ0v) is 14.9. The molecule has 0 aliphatic heterocycles. The van der Waals surface area contributed by atoms with Gasteiger partial charge in [-0.15, -0.1) is 0 Å². The van der Waals surface area contributed by atoms with Gasteiger partial charge in [-0.25, -0.2) is 4.39 Å². The lowest BCUT2D eigenvalue weighted by molar-refractivity contribution is -0.122. The number of benzene rings is 2. The van der Waals surface area contributed by atoms with Crippen LogP contribution in [0.3, 0.4) is 0 Å². The van der Waals surface area contributed by atoms with Crippen LogP contribution in [0.25, 0.3) is 0 Å². The monoisotopic (exact) mass is 358 g/mol. The number of hydrogen-bond donors (Lipinski definition) is 2. The van der Waals surface area contributed by atoms with Gasteiger partial charge in [-0.1, -0.05) is 19.1 Å². The van der Waals surface area contributed by atoms with Crippen molar-refractivity contribution >= 4 is 17.5 Å². The number of ether oxygens (including phenoxy) is 1. The highest BCUT2D eigenvalue weighted by molar-refractivity contribution is 5.91. The Morgan fingerprint density at radius 1 is 1.00 bits per heavy atom. The minimum Gasteiger partial charge on any atom is -0.497 e. The molecule has 0 bridgehead atoms. The van der Waals surface area contributed by atoms with Crippen LogP contribution in [0.4, 0.5) is 10.1 Å². The molecule has 0 unspecified atom stereocenters. The Bertz CT molecular complexity index is 730. The molecule has 0 aliphatic rings. The molecule has 5 nitrogen and oxygen atoms in total. The predicted octanol–water partition coefficient (Wildman–Crippen LogP) is 3.51. The van der Waals surface area contributed by atoms with Crippen molar-refractivity contribution in [3.05, 3.63) is 59.9 Å². The molecule has 0 saturated heterocycles. The van der Waals surface area contributed by atoms with Gasteiger partial charge < -0.3 is 15.4 Å². The number of halogens is 1. The largest absolute Gasteiger partial charge is 0.497 e. The fraction of sp³-hybridized carbons (Fsp3) is 0.300. The molecule has 6 heteroatoms. The average Bonchev–Trinajstić information content (AvgIpc) is 2.62. The van der Waals surface area contributed by atoms with E-state index in [0.29, 0.717) is 12.2 Å². The van der Waals surface area contributed by atoms with E-state index < -0.39 is 0 Å². The third kappa shape index (κ3) is 6.55. The minimum absolute atomic E-state index is 0.105.